The molecule has 9 nitrogen and oxygen atoms in total. The zero-order chi connectivity index (χ0) is 26.2. The van der Waals surface area contributed by atoms with Gasteiger partial charge in [0.1, 0.15) is 11.9 Å². The molecule has 2 heterocycles. The molecule has 4 rings (SSSR count). The number of hydrogen-bond acceptors (Lipinski definition) is 8. The molecule has 0 bridgehead atoms. The Morgan fingerprint density at radius 1 is 1.08 bits per heavy atom. The summed E-state index contributed by atoms with van der Waals surface area (Å²) in [4.78, 5) is 52.8. The van der Waals surface area contributed by atoms with Gasteiger partial charge in [-0.1, -0.05) is 18.2 Å². The van der Waals surface area contributed by atoms with E-state index in [9.17, 15) is 19.2 Å². The van der Waals surface area contributed by atoms with Crippen LogP contribution in [0.25, 0.3) is 0 Å². The first-order valence-corrected chi connectivity index (χ1v) is 12.5. The van der Waals surface area contributed by atoms with E-state index in [-0.39, 0.29) is 29.6 Å². The molecule has 1 atom stereocenters. The average Bonchev–Trinajstić information content (AvgIpc) is 3.43. The molecule has 2 amide bonds. The molecule has 1 unspecified atom stereocenters. The van der Waals surface area contributed by atoms with Gasteiger partial charge in [0, 0.05) is 17.1 Å². The van der Waals surface area contributed by atoms with Crippen molar-refractivity contribution in [2.75, 3.05) is 32.2 Å². The number of ketones is 1. The third-order valence-electron chi connectivity index (χ3n) is 5.71. The number of morpholine rings is 1. The second-order valence-electron chi connectivity index (χ2n) is 8.23. The van der Waals surface area contributed by atoms with Crippen molar-refractivity contribution in [2.45, 2.75) is 19.1 Å². The number of para-hydroxylation sites is 1. The molecular weight excluding hydrogens is 496 g/mol. The van der Waals surface area contributed by atoms with E-state index in [1.807, 2.05) is 17.5 Å². The molecule has 1 saturated heterocycles. The normalized spacial score (nSPS) is 15.2. The van der Waals surface area contributed by atoms with Crippen molar-refractivity contribution < 1.29 is 33.4 Å². The highest BCUT2D eigenvalue weighted by atomic mass is 32.1. The summed E-state index contributed by atoms with van der Waals surface area (Å²) in [6, 6.07) is 16.6. The summed E-state index contributed by atoms with van der Waals surface area (Å²) in [6.45, 7) is 0.916. The zero-order valence-electron chi connectivity index (χ0n) is 20.2. The fourth-order valence-electron chi connectivity index (χ4n) is 3.82. The lowest BCUT2D eigenvalue weighted by Crippen LogP contribution is -2.48. The lowest BCUT2D eigenvalue weighted by atomic mass is 10.1. The molecule has 0 radical (unpaired) electrons. The molecule has 1 aliphatic rings. The molecule has 0 spiro atoms. The van der Waals surface area contributed by atoms with Gasteiger partial charge in [-0.15, -0.1) is 11.3 Å². The minimum Gasteiger partial charge on any atom is -0.496 e. The molecular formula is C27H26N2O7S. The van der Waals surface area contributed by atoms with Gasteiger partial charge in [-0.05, 0) is 47.8 Å². The van der Waals surface area contributed by atoms with E-state index in [1.54, 1.807) is 52.6 Å². The summed E-state index contributed by atoms with van der Waals surface area (Å²) < 4.78 is 15.8. The summed E-state index contributed by atoms with van der Waals surface area (Å²) >= 11 is 1.57. The number of carbonyl (C=O) groups excluding carboxylic acids is 4. The van der Waals surface area contributed by atoms with Crippen molar-refractivity contribution in [3.05, 3.63) is 82.0 Å². The molecule has 1 fully saturated rings. The van der Waals surface area contributed by atoms with Gasteiger partial charge in [0.2, 0.25) is 11.7 Å². The second-order valence-corrected chi connectivity index (χ2v) is 9.26. The fraction of sp³-hybridized carbons (Fsp3) is 0.259. The minimum absolute atomic E-state index is 0.116. The number of hydrogen-bond donors (Lipinski definition) is 1. The van der Waals surface area contributed by atoms with Gasteiger partial charge >= 0.3 is 5.97 Å². The highest BCUT2D eigenvalue weighted by Crippen LogP contribution is 2.20. The van der Waals surface area contributed by atoms with Crippen molar-refractivity contribution >= 4 is 40.6 Å². The van der Waals surface area contributed by atoms with E-state index in [2.05, 4.69) is 5.32 Å². The maximum atomic E-state index is 12.7. The quantitative estimate of drug-likeness (QED) is 0.320. The maximum absolute atomic E-state index is 12.7. The third kappa shape index (κ3) is 6.81. The van der Waals surface area contributed by atoms with Gasteiger partial charge < -0.3 is 24.4 Å². The van der Waals surface area contributed by atoms with Gasteiger partial charge in [0.25, 0.3) is 5.91 Å². The number of methoxy groups -OCH3 is 1. The minimum atomic E-state index is -0.844. The maximum Gasteiger partial charge on any atom is 0.338 e. The number of Topliss-reactive ketones (excluding diaryl/α,β-unsaturated/α-hetero) is 1. The number of carbonyl (C=O) groups is 4. The van der Waals surface area contributed by atoms with E-state index in [1.165, 1.54) is 19.2 Å². The molecule has 2 aromatic carbocycles. The molecule has 1 aliphatic heterocycles. The number of thiophene rings is 1. The molecule has 0 saturated carbocycles. The molecule has 192 valence electrons. The molecule has 1 N–H and O–H groups in total. The van der Waals surface area contributed by atoms with Crippen molar-refractivity contribution in [3.8, 4) is 5.75 Å². The third-order valence-corrected chi connectivity index (χ3v) is 6.57. The van der Waals surface area contributed by atoms with Crippen LogP contribution in [0.5, 0.6) is 5.75 Å². The number of esters is 1. The molecule has 10 heteroatoms. The van der Waals surface area contributed by atoms with Crippen LogP contribution < -0.4 is 10.1 Å². The fourth-order valence-corrected chi connectivity index (χ4v) is 4.54. The van der Waals surface area contributed by atoms with Crippen LogP contribution in [0.1, 0.15) is 32.0 Å². The smallest absolute Gasteiger partial charge is 0.338 e. The number of nitrogens with one attached hydrogen (secondary N) is 1. The Labute approximate surface area is 217 Å². The summed E-state index contributed by atoms with van der Waals surface area (Å²) in [5.41, 5.74) is 0.997. The van der Waals surface area contributed by atoms with Crippen molar-refractivity contribution in [3.63, 3.8) is 0 Å². The zero-order valence-corrected chi connectivity index (χ0v) is 21.0. The van der Waals surface area contributed by atoms with E-state index < -0.39 is 18.7 Å². The van der Waals surface area contributed by atoms with Gasteiger partial charge in [-0.25, -0.2) is 4.79 Å². The highest BCUT2D eigenvalue weighted by Gasteiger charge is 2.31. The standard InChI is InChI=1S/C27H26N2O7S/c1-34-23-7-3-2-6-21(23)22(30)17-36-27(33)18-8-10-19(11-9-18)28-25(31)15-24-26(32)29(12-13-35-24)16-20-5-4-14-37-20/h2-11,14,24H,12-13,15-17H2,1H3,(H,28,31). The predicted molar refractivity (Wildman–Crippen MR) is 137 cm³/mol. The Hall–Kier alpha value is -4.02. The van der Waals surface area contributed by atoms with Gasteiger partial charge in [0.05, 0.1) is 37.8 Å². The van der Waals surface area contributed by atoms with Crippen LogP contribution in [0, 0.1) is 0 Å². The van der Waals surface area contributed by atoms with Crippen molar-refractivity contribution in [1.29, 1.82) is 0 Å². The second kappa shape index (κ2) is 12.3. The summed E-state index contributed by atoms with van der Waals surface area (Å²) in [6.07, 6.45) is -0.960. The molecule has 1 aromatic heterocycles. The van der Waals surface area contributed by atoms with Gasteiger partial charge in [0.15, 0.2) is 6.61 Å². The Balaban J connectivity index is 1.26. The van der Waals surface area contributed by atoms with Crippen molar-refractivity contribution in [2.24, 2.45) is 0 Å². The van der Waals surface area contributed by atoms with Gasteiger partial charge in [-0.3, -0.25) is 14.4 Å². The van der Waals surface area contributed by atoms with Crippen LogP contribution in [-0.4, -0.2) is 61.4 Å². The van der Waals surface area contributed by atoms with Crippen LogP contribution in [0.3, 0.4) is 0 Å². The Morgan fingerprint density at radius 2 is 1.86 bits per heavy atom. The van der Waals surface area contributed by atoms with Crippen LogP contribution in [-0.2, 0) is 25.6 Å². The summed E-state index contributed by atoms with van der Waals surface area (Å²) in [7, 11) is 1.46. The highest BCUT2D eigenvalue weighted by molar-refractivity contribution is 7.09. The van der Waals surface area contributed by atoms with Crippen molar-refractivity contribution in [1.82, 2.24) is 4.90 Å². The van der Waals surface area contributed by atoms with E-state index >= 15 is 0 Å². The largest absolute Gasteiger partial charge is 0.496 e. The summed E-state index contributed by atoms with van der Waals surface area (Å²) in [5.74, 6) is -1.25. The average molecular weight is 523 g/mol. The SMILES string of the molecule is COc1ccccc1C(=O)COC(=O)c1ccc(NC(=O)CC2OCCN(Cc3cccs3)C2=O)cc1. The van der Waals surface area contributed by atoms with E-state index in [4.69, 9.17) is 14.2 Å². The number of anilines is 1. The van der Waals surface area contributed by atoms with E-state index in [0.29, 0.717) is 36.7 Å². The number of rotatable bonds is 10. The van der Waals surface area contributed by atoms with Gasteiger partial charge in [-0.2, -0.15) is 0 Å². The predicted octanol–water partition coefficient (Wildman–Crippen LogP) is 3.55. The Bertz CT molecular complexity index is 1260. The summed E-state index contributed by atoms with van der Waals surface area (Å²) in [5, 5.41) is 4.67. The van der Waals surface area contributed by atoms with Crippen LogP contribution >= 0.6 is 11.3 Å². The topological polar surface area (TPSA) is 111 Å². The van der Waals surface area contributed by atoms with Crippen LogP contribution in [0.2, 0.25) is 0 Å². The molecule has 3 aromatic rings. The Morgan fingerprint density at radius 3 is 2.59 bits per heavy atom. The molecule has 37 heavy (non-hydrogen) atoms. The van der Waals surface area contributed by atoms with Crippen LogP contribution in [0.4, 0.5) is 5.69 Å². The lowest BCUT2D eigenvalue weighted by molar-refractivity contribution is -0.155. The number of benzene rings is 2. The van der Waals surface area contributed by atoms with E-state index in [0.717, 1.165) is 4.88 Å². The number of nitrogens with zero attached hydrogens (tertiary/aromatic N) is 1. The first kappa shape index (κ1) is 26.1. The lowest BCUT2D eigenvalue weighted by Gasteiger charge is -2.32. The first-order chi connectivity index (χ1) is 17.9. The number of ether oxygens (including phenoxy) is 3. The first-order valence-electron chi connectivity index (χ1n) is 11.6. The Kier molecular flexibility index (Phi) is 8.65. The monoisotopic (exact) mass is 522 g/mol. The van der Waals surface area contributed by atoms with Crippen LogP contribution in [0.15, 0.2) is 66.0 Å². The molecule has 0 aliphatic carbocycles. The number of amides is 2.